The number of aromatic hydroxyl groups is 1. The van der Waals surface area contributed by atoms with Gasteiger partial charge in [0, 0.05) is 12.2 Å². The van der Waals surface area contributed by atoms with E-state index in [0.29, 0.717) is 12.1 Å². The highest BCUT2D eigenvalue weighted by atomic mass is 16.3. The third-order valence-corrected chi connectivity index (χ3v) is 3.60. The van der Waals surface area contributed by atoms with Crippen molar-refractivity contribution in [2.45, 2.75) is 13.3 Å². The number of hydrogen-bond acceptors (Lipinski definition) is 2. The first kappa shape index (κ1) is 11.8. The number of phenols is 1. The molecule has 19 heavy (non-hydrogen) atoms. The summed E-state index contributed by atoms with van der Waals surface area (Å²) in [7, 11) is 0. The molecule has 0 saturated carbocycles. The Labute approximate surface area is 112 Å². The lowest BCUT2D eigenvalue weighted by molar-refractivity contribution is 0.0986. The molecule has 2 aromatic rings. The second-order valence-electron chi connectivity index (χ2n) is 4.81. The van der Waals surface area contributed by atoms with Crippen molar-refractivity contribution in [3.8, 4) is 5.75 Å². The predicted octanol–water partition coefficient (Wildman–Crippen LogP) is 2.90. The zero-order valence-electron chi connectivity index (χ0n) is 10.8. The summed E-state index contributed by atoms with van der Waals surface area (Å²) in [6.45, 7) is 2.47. The summed E-state index contributed by atoms with van der Waals surface area (Å²) in [5.74, 6) is -0.0527. The SMILES string of the molecule is Cc1cccc(C(=O)N2CCc3ccccc32)c1O. The van der Waals surface area contributed by atoms with Crippen molar-refractivity contribution in [2.24, 2.45) is 0 Å². The van der Waals surface area contributed by atoms with E-state index in [0.717, 1.165) is 17.7 Å². The van der Waals surface area contributed by atoms with Crippen molar-refractivity contribution in [1.29, 1.82) is 0 Å². The van der Waals surface area contributed by atoms with Crippen molar-refractivity contribution < 1.29 is 9.90 Å². The molecule has 3 rings (SSSR count). The van der Waals surface area contributed by atoms with Gasteiger partial charge < -0.3 is 10.0 Å². The monoisotopic (exact) mass is 253 g/mol. The van der Waals surface area contributed by atoms with Crippen LogP contribution >= 0.6 is 0 Å². The average molecular weight is 253 g/mol. The number of carbonyl (C=O) groups is 1. The Hall–Kier alpha value is -2.29. The molecule has 3 nitrogen and oxygen atoms in total. The molecule has 2 aromatic carbocycles. The Kier molecular flexibility index (Phi) is 2.75. The highest BCUT2D eigenvalue weighted by Gasteiger charge is 2.26. The molecule has 0 aliphatic carbocycles. The van der Waals surface area contributed by atoms with Gasteiger partial charge in [-0.2, -0.15) is 0 Å². The standard InChI is InChI=1S/C16H15NO2/c1-11-5-4-7-13(15(11)18)16(19)17-10-9-12-6-2-3-8-14(12)17/h2-8,18H,9-10H2,1H3. The quantitative estimate of drug-likeness (QED) is 0.849. The molecule has 0 unspecified atom stereocenters. The van der Waals surface area contributed by atoms with Gasteiger partial charge in [0.1, 0.15) is 5.75 Å². The lowest BCUT2D eigenvalue weighted by Gasteiger charge is -2.18. The van der Waals surface area contributed by atoms with E-state index >= 15 is 0 Å². The molecule has 1 aliphatic rings. The minimum Gasteiger partial charge on any atom is -0.507 e. The highest BCUT2D eigenvalue weighted by molar-refractivity contribution is 6.09. The van der Waals surface area contributed by atoms with E-state index in [1.54, 1.807) is 30.0 Å². The Morgan fingerprint density at radius 3 is 2.79 bits per heavy atom. The first-order valence-electron chi connectivity index (χ1n) is 6.37. The summed E-state index contributed by atoms with van der Waals surface area (Å²) in [5, 5.41) is 10.0. The number of fused-ring (bicyclic) bond motifs is 1. The van der Waals surface area contributed by atoms with Crippen LogP contribution in [0, 0.1) is 6.92 Å². The molecule has 3 heteroatoms. The van der Waals surface area contributed by atoms with E-state index in [9.17, 15) is 9.90 Å². The first-order valence-corrected chi connectivity index (χ1v) is 6.37. The molecule has 1 N–H and O–H groups in total. The van der Waals surface area contributed by atoms with Gasteiger partial charge in [0.2, 0.25) is 0 Å². The molecule has 0 atom stereocenters. The summed E-state index contributed by atoms with van der Waals surface area (Å²) in [4.78, 5) is 14.3. The lowest BCUT2D eigenvalue weighted by Crippen LogP contribution is -2.29. The van der Waals surface area contributed by atoms with E-state index in [1.807, 2.05) is 24.3 Å². The summed E-state index contributed by atoms with van der Waals surface area (Å²) >= 11 is 0. The Morgan fingerprint density at radius 2 is 1.95 bits per heavy atom. The number of carbonyl (C=O) groups excluding carboxylic acids is 1. The van der Waals surface area contributed by atoms with E-state index in [4.69, 9.17) is 0 Å². The van der Waals surface area contributed by atoms with Crippen LogP contribution in [0.5, 0.6) is 5.75 Å². The third kappa shape index (κ3) is 1.87. The molecule has 0 radical (unpaired) electrons. The van der Waals surface area contributed by atoms with Gasteiger partial charge in [0.15, 0.2) is 0 Å². The van der Waals surface area contributed by atoms with Crippen molar-refractivity contribution in [1.82, 2.24) is 0 Å². The van der Waals surface area contributed by atoms with Crippen molar-refractivity contribution >= 4 is 11.6 Å². The minimum absolute atomic E-state index is 0.0804. The molecule has 1 amide bonds. The second-order valence-corrected chi connectivity index (χ2v) is 4.81. The smallest absolute Gasteiger partial charge is 0.262 e. The normalized spacial score (nSPS) is 13.4. The summed E-state index contributed by atoms with van der Waals surface area (Å²) in [6.07, 6.45) is 0.870. The van der Waals surface area contributed by atoms with Crippen LogP contribution in [-0.4, -0.2) is 17.6 Å². The number of amides is 1. The van der Waals surface area contributed by atoms with Gasteiger partial charge in [-0.1, -0.05) is 30.3 Å². The van der Waals surface area contributed by atoms with E-state index in [-0.39, 0.29) is 11.7 Å². The largest absolute Gasteiger partial charge is 0.507 e. The van der Waals surface area contributed by atoms with Crippen LogP contribution < -0.4 is 4.90 Å². The third-order valence-electron chi connectivity index (χ3n) is 3.60. The van der Waals surface area contributed by atoms with Crippen LogP contribution in [0.4, 0.5) is 5.69 Å². The van der Waals surface area contributed by atoms with Crippen LogP contribution in [0.1, 0.15) is 21.5 Å². The fourth-order valence-corrected chi connectivity index (χ4v) is 2.53. The van der Waals surface area contributed by atoms with Gasteiger partial charge in [0.05, 0.1) is 5.56 Å². The molecule has 1 heterocycles. The fourth-order valence-electron chi connectivity index (χ4n) is 2.53. The summed E-state index contributed by atoms with van der Waals surface area (Å²) in [5.41, 5.74) is 3.23. The van der Waals surface area contributed by atoms with Gasteiger partial charge in [-0.15, -0.1) is 0 Å². The van der Waals surface area contributed by atoms with Gasteiger partial charge in [-0.25, -0.2) is 0 Å². The van der Waals surface area contributed by atoms with Crippen molar-refractivity contribution in [3.05, 3.63) is 59.2 Å². The molecule has 0 spiro atoms. The molecular weight excluding hydrogens is 238 g/mol. The molecule has 0 bridgehead atoms. The number of phenolic OH excluding ortho intramolecular Hbond substituents is 1. The molecular formula is C16H15NO2. The molecule has 96 valence electrons. The number of rotatable bonds is 1. The van der Waals surface area contributed by atoms with Crippen LogP contribution in [-0.2, 0) is 6.42 Å². The molecule has 0 fully saturated rings. The van der Waals surface area contributed by atoms with Gasteiger partial charge in [-0.05, 0) is 36.6 Å². The fraction of sp³-hybridized carbons (Fsp3) is 0.188. The Bertz CT molecular complexity index is 649. The average Bonchev–Trinajstić information content (AvgIpc) is 2.85. The Balaban J connectivity index is 2.00. The van der Waals surface area contributed by atoms with E-state index in [1.165, 1.54) is 5.56 Å². The second kappa shape index (κ2) is 4.43. The number of para-hydroxylation sites is 2. The number of aryl methyl sites for hydroxylation is 1. The van der Waals surface area contributed by atoms with Gasteiger partial charge in [0.25, 0.3) is 5.91 Å². The maximum Gasteiger partial charge on any atom is 0.262 e. The summed E-state index contributed by atoms with van der Waals surface area (Å²) in [6, 6.07) is 13.2. The van der Waals surface area contributed by atoms with Crippen LogP contribution in [0.2, 0.25) is 0 Å². The number of hydrogen-bond donors (Lipinski definition) is 1. The highest BCUT2D eigenvalue weighted by Crippen LogP contribution is 2.31. The summed E-state index contributed by atoms with van der Waals surface area (Å²) < 4.78 is 0. The molecule has 1 aliphatic heterocycles. The minimum atomic E-state index is -0.133. The van der Waals surface area contributed by atoms with Crippen molar-refractivity contribution in [2.75, 3.05) is 11.4 Å². The zero-order chi connectivity index (χ0) is 13.4. The van der Waals surface area contributed by atoms with E-state index in [2.05, 4.69) is 0 Å². The topological polar surface area (TPSA) is 40.5 Å². The molecule has 0 aromatic heterocycles. The van der Waals surface area contributed by atoms with Gasteiger partial charge >= 0.3 is 0 Å². The van der Waals surface area contributed by atoms with E-state index < -0.39 is 0 Å². The van der Waals surface area contributed by atoms with Crippen LogP contribution in [0.3, 0.4) is 0 Å². The maximum absolute atomic E-state index is 12.5. The predicted molar refractivity (Wildman–Crippen MR) is 74.7 cm³/mol. The van der Waals surface area contributed by atoms with Gasteiger partial charge in [-0.3, -0.25) is 4.79 Å². The maximum atomic E-state index is 12.5. The van der Waals surface area contributed by atoms with Crippen LogP contribution in [0.15, 0.2) is 42.5 Å². The number of benzene rings is 2. The zero-order valence-corrected chi connectivity index (χ0v) is 10.8. The van der Waals surface area contributed by atoms with Crippen LogP contribution in [0.25, 0.3) is 0 Å². The lowest BCUT2D eigenvalue weighted by atomic mass is 10.1. The molecule has 0 saturated heterocycles. The Morgan fingerprint density at radius 1 is 1.16 bits per heavy atom. The number of anilines is 1. The number of nitrogens with zero attached hydrogens (tertiary/aromatic N) is 1. The van der Waals surface area contributed by atoms with Crippen molar-refractivity contribution in [3.63, 3.8) is 0 Å². The first-order chi connectivity index (χ1) is 9.18.